The maximum absolute atomic E-state index is 11.5. The average molecular weight is 254 g/mol. The third-order valence-electron chi connectivity index (χ3n) is 3.23. The number of hydrogen-bond donors (Lipinski definition) is 1. The second kappa shape index (κ2) is 6.30. The van der Waals surface area contributed by atoms with Gasteiger partial charge in [-0.25, -0.2) is 0 Å². The Kier molecular flexibility index (Phi) is 4.48. The molecule has 2 rings (SSSR count). The molecule has 1 N–H and O–H groups in total. The number of benzene rings is 2. The predicted molar refractivity (Wildman–Crippen MR) is 76.8 cm³/mol. The highest BCUT2D eigenvalue weighted by atomic mass is 16.3. The molecule has 2 aromatic rings. The van der Waals surface area contributed by atoms with Gasteiger partial charge in [0.2, 0.25) is 0 Å². The van der Waals surface area contributed by atoms with Crippen molar-refractivity contribution >= 4 is 5.78 Å². The van der Waals surface area contributed by atoms with Crippen LogP contribution in [-0.4, -0.2) is 10.9 Å². The molecule has 0 fully saturated rings. The number of ketones is 1. The van der Waals surface area contributed by atoms with Crippen LogP contribution in [-0.2, 0) is 17.8 Å². The highest BCUT2D eigenvalue weighted by Crippen LogP contribution is 2.25. The Balaban J connectivity index is 2.40. The standard InChI is InChI=1S/C17H18O2/c1-2-16(19)10-13-8-9-15(12-18)17(11-13)14-6-4-3-5-7-14/h3-9,11,18H,2,10,12H2,1H3. The van der Waals surface area contributed by atoms with Crippen LogP contribution in [0.1, 0.15) is 24.5 Å². The molecule has 98 valence electrons. The van der Waals surface area contributed by atoms with Crippen molar-refractivity contribution in [3.63, 3.8) is 0 Å². The molecule has 0 aliphatic carbocycles. The van der Waals surface area contributed by atoms with Gasteiger partial charge in [-0.3, -0.25) is 4.79 Å². The summed E-state index contributed by atoms with van der Waals surface area (Å²) in [6.45, 7) is 1.88. The van der Waals surface area contributed by atoms with Crippen molar-refractivity contribution in [2.75, 3.05) is 0 Å². The number of Topliss-reactive ketones (excluding diaryl/α,β-unsaturated/α-hetero) is 1. The van der Waals surface area contributed by atoms with Crippen LogP contribution in [0.25, 0.3) is 11.1 Å². The van der Waals surface area contributed by atoms with E-state index in [1.807, 2.05) is 55.5 Å². The summed E-state index contributed by atoms with van der Waals surface area (Å²) in [6.07, 6.45) is 1.02. The smallest absolute Gasteiger partial charge is 0.136 e. The van der Waals surface area contributed by atoms with Crippen molar-refractivity contribution in [3.8, 4) is 11.1 Å². The van der Waals surface area contributed by atoms with E-state index in [-0.39, 0.29) is 12.4 Å². The molecule has 2 aromatic carbocycles. The molecule has 19 heavy (non-hydrogen) atoms. The Hall–Kier alpha value is -1.93. The minimum Gasteiger partial charge on any atom is -0.392 e. The number of aliphatic hydroxyl groups excluding tert-OH is 1. The summed E-state index contributed by atoms with van der Waals surface area (Å²) in [5.41, 5.74) is 3.96. The average Bonchev–Trinajstić information content (AvgIpc) is 2.48. The molecule has 2 heteroatoms. The summed E-state index contributed by atoms with van der Waals surface area (Å²) in [7, 11) is 0. The predicted octanol–water partition coefficient (Wildman–Crippen LogP) is 3.37. The zero-order valence-electron chi connectivity index (χ0n) is 11.1. The van der Waals surface area contributed by atoms with Crippen LogP contribution >= 0.6 is 0 Å². The molecule has 0 aliphatic heterocycles. The van der Waals surface area contributed by atoms with E-state index in [4.69, 9.17) is 0 Å². The first-order chi connectivity index (χ1) is 9.24. The lowest BCUT2D eigenvalue weighted by Crippen LogP contribution is -2.01. The third kappa shape index (κ3) is 3.30. The van der Waals surface area contributed by atoms with Crippen LogP contribution in [0.3, 0.4) is 0 Å². The molecule has 2 nitrogen and oxygen atoms in total. The van der Waals surface area contributed by atoms with E-state index in [1.54, 1.807) is 0 Å². The quantitative estimate of drug-likeness (QED) is 0.888. The van der Waals surface area contributed by atoms with Gasteiger partial charge in [-0.05, 0) is 22.3 Å². The second-order valence-electron chi connectivity index (χ2n) is 4.58. The summed E-state index contributed by atoms with van der Waals surface area (Å²) in [4.78, 5) is 11.5. The minimum absolute atomic E-state index is 0.00618. The Bertz CT molecular complexity index is 559. The van der Waals surface area contributed by atoms with E-state index in [9.17, 15) is 9.90 Å². The summed E-state index contributed by atoms with van der Waals surface area (Å²) in [5.74, 6) is 0.232. The molecule has 0 atom stereocenters. The minimum atomic E-state index is 0.00618. The Morgan fingerprint density at radius 2 is 1.84 bits per heavy atom. The lowest BCUT2D eigenvalue weighted by molar-refractivity contribution is -0.118. The van der Waals surface area contributed by atoms with Gasteiger partial charge < -0.3 is 5.11 Å². The molecule has 0 spiro atoms. The van der Waals surface area contributed by atoms with E-state index < -0.39 is 0 Å². The van der Waals surface area contributed by atoms with Gasteiger partial charge in [-0.2, -0.15) is 0 Å². The molecule has 0 bridgehead atoms. The molecule has 0 saturated heterocycles. The Morgan fingerprint density at radius 1 is 1.11 bits per heavy atom. The normalized spacial score (nSPS) is 10.4. The molecule has 0 aromatic heterocycles. The van der Waals surface area contributed by atoms with E-state index in [0.717, 1.165) is 22.3 Å². The topological polar surface area (TPSA) is 37.3 Å². The largest absolute Gasteiger partial charge is 0.392 e. The highest BCUT2D eigenvalue weighted by molar-refractivity contribution is 5.81. The number of carbonyl (C=O) groups is 1. The van der Waals surface area contributed by atoms with E-state index in [0.29, 0.717) is 12.8 Å². The van der Waals surface area contributed by atoms with Gasteiger partial charge in [-0.15, -0.1) is 0 Å². The Labute approximate surface area is 113 Å². The van der Waals surface area contributed by atoms with Crippen molar-refractivity contribution in [2.24, 2.45) is 0 Å². The fraction of sp³-hybridized carbons (Fsp3) is 0.235. The van der Waals surface area contributed by atoms with Gasteiger partial charge in [-0.1, -0.05) is 55.5 Å². The molecule has 0 radical (unpaired) electrons. The maximum Gasteiger partial charge on any atom is 0.136 e. The van der Waals surface area contributed by atoms with Crippen molar-refractivity contribution in [3.05, 3.63) is 59.7 Å². The van der Waals surface area contributed by atoms with Crippen LogP contribution in [0.15, 0.2) is 48.5 Å². The van der Waals surface area contributed by atoms with Crippen molar-refractivity contribution in [1.82, 2.24) is 0 Å². The van der Waals surface area contributed by atoms with Crippen molar-refractivity contribution in [1.29, 1.82) is 0 Å². The van der Waals surface area contributed by atoms with Gasteiger partial charge in [0.1, 0.15) is 5.78 Å². The van der Waals surface area contributed by atoms with Crippen LogP contribution in [0.4, 0.5) is 0 Å². The fourth-order valence-electron chi connectivity index (χ4n) is 2.11. The summed E-state index contributed by atoms with van der Waals surface area (Å²) >= 11 is 0. The van der Waals surface area contributed by atoms with E-state index in [2.05, 4.69) is 0 Å². The highest BCUT2D eigenvalue weighted by Gasteiger charge is 2.07. The van der Waals surface area contributed by atoms with Crippen LogP contribution in [0, 0.1) is 0 Å². The zero-order chi connectivity index (χ0) is 13.7. The van der Waals surface area contributed by atoms with E-state index >= 15 is 0 Å². The number of hydrogen-bond acceptors (Lipinski definition) is 2. The lowest BCUT2D eigenvalue weighted by Gasteiger charge is -2.10. The lowest BCUT2D eigenvalue weighted by atomic mass is 9.95. The number of rotatable bonds is 5. The molecule has 0 amide bonds. The monoisotopic (exact) mass is 254 g/mol. The number of carbonyl (C=O) groups excluding carboxylic acids is 1. The van der Waals surface area contributed by atoms with Crippen LogP contribution < -0.4 is 0 Å². The molecule has 0 unspecified atom stereocenters. The Morgan fingerprint density at radius 3 is 2.47 bits per heavy atom. The maximum atomic E-state index is 11.5. The fourth-order valence-corrected chi connectivity index (χ4v) is 2.11. The van der Waals surface area contributed by atoms with E-state index in [1.165, 1.54) is 0 Å². The molecule has 0 saturated carbocycles. The summed E-state index contributed by atoms with van der Waals surface area (Å²) < 4.78 is 0. The van der Waals surface area contributed by atoms with Gasteiger partial charge in [0.15, 0.2) is 0 Å². The first-order valence-corrected chi connectivity index (χ1v) is 6.54. The third-order valence-corrected chi connectivity index (χ3v) is 3.23. The first-order valence-electron chi connectivity index (χ1n) is 6.54. The molecular formula is C17H18O2. The van der Waals surface area contributed by atoms with Gasteiger partial charge in [0, 0.05) is 12.8 Å². The zero-order valence-corrected chi connectivity index (χ0v) is 11.1. The van der Waals surface area contributed by atoms with Crippen LogP contribution in [0.2, 0.25) is 0 Å². The SMILES string of the molecule is CCC(=O)Cc1ccc(CO)c(-c2ccccc2)c1. The first kappa shape index (κ1) is 13.5. The van der Waals surface area contributed by atoms with Crippen molar-refractivity contribution in [2.45, 2.75) is 26.4 Å². The van der Waals surface area contributed by atoms with Gasteiger partial charge in [0.05, 0.1) is 6.61 Å². The summed E-state index contributed by atoms with van der Waals surface area (Å²) in [6, 6.07) is 15.8. The van der Waals surface area contributed by atoms with Crippen molar-refractivity contribution < 1.29 is 9.90 Å². The molecule has 0 heterocycles. The number of aliphatic hydroxyl groups is 1. The van der Waals surface area contributed by atoms with Gasteiger partial charge in [0.25, 0.3) is 0 Å². The van der Waals surface area contributed by atoms with Crippen LogP contribution in [0.5, 0.6) is 0 Å². The molecular weight excluding hydrogens is 236 g/mol. The summed E-state index contributed by atoms with van der Waals surface area (Å²) in [5, 5.41) is 9.43. The van der Waals surface area contributed by atoms with Gasteiger partial charge >= 0.3 is 0 Å². The molecule has 0 aliphatic rings. The second-order valence-corrected chi connectivity index (χ2v) is 4.58.